The van der Waals surface area contributed by atoms with Crippen LogP contribution in [0.1, 0.15) is 44.3 Å². The van der Waals surface area contributed by atoms with Gasteiger partial charge in [0.15, 0.2) is 11.6 Å². The number of aryl methyl sites for hydroxylation is 1. The van der Waals surface area contributed by atoms with Gasteiger partial charge in [0.05, 0.1) is 16.8 Å². The van der Waals surface area contributed by atoms with E-state index in [2.05, 4.69) is 12.2 Å². The lowest BCUT2D eigenvalue weighted by Crippen LogP contribution is -2.23. The van der Waals surface area contributed by atoms with Gasteiger partial charge in [-0.2, -0.15) is 0 Å². The van der Waals surface area contributed by atoms with E-state index in [0.29, 0.717) is 33.6 Å². The normalized spacial score (nSPS) is 12.5. The number of fused-ring (bicyclic) bond motifs is 2. The van der Waals surface area contributed by atoms with Crippen LogP contribution < -0.4 is 11.1 Å². The fraction of sp³-hybridized carbons (Fsp3) is 0.0909. The van der Waals surface area contributed by atoms with Crippen LogP contribution in [0.3, 0.4) is 0 Å². The van der Waals surface area contributed by atoms with Crippen LogP contribution in [-0.2, 0) is 6.42 Å². The number of hydrogen-bond acceptors (Lipinski definition) is 4. The maximum Gasteiger partial charge on any atom is 0.196 e. The summed E-state index contributed by atoms with van der Waals surface area (Å²) in [7, 11) is 0. The minimum atomic E-state index is -0.210. The van der Waals surface area contributed by atoms with Crippen LogP contribution in [0.2, 0.25) is 0 Å². The first kappa shape index (κ1) is 16.1. The molecule has 0 spiro atoms. The van der Waals surface area contributed by atoms with Crippen molar-refractivity contribution in [3.05, 3.63) is 88.5 Å². The van der Waals surface area contributed by atoms with Gasteiger partial charge >= 0.3 is 0 Å². The number of carbonyl (C=O) groups excluding carboxylic acids is 2. The molecule has 3 N–H and O–H groups in total. The Bertz CT molecular complexity index is 1040. The Kier molecular flexibility index (Phi) is 3.81. The summed E-state index contributed by atoms with van der Waals surface area (Å²) in [6.07, 6.45) is 0.964. The molecule has 0 amide bonds. The number of nitrogens with one attached hydrogen (secondary N) is 1. The fourth-order valence-electron chi connectivity index (χ4n) is 3.35. The van der Waals surface area contributed by atoms with Gasteiger partial charge in [-0.25, -0.2) is 0 Å². The van der Waals surface area contributed by atoms with E-state index in [-0.39, 0.29) is 11.6 Å². The molecule has 3 aromatic carbocycles. The average molecular weight is 342 g/mol. The molecule has 0 saturated carbocycles. The van der Waals surface area contributed by atoms with Crippen molar-refractivity contribution in [2.24, 2.45) is 0 Å². The maximum atomic E-state index is 13.1. The highest BCUT2D eigenvalue weighted by Gasteiger charge is 2.32. The monoisotopic (exact) mass is 342 g/mol. The first-order chi connectivity index (χ1) is 12.6. The van der Waals surface area contributed by atoms with E-state index in [1.54, 1.807) is 30.3 Å². The van der Waals surface area contributed by atoms with E-state index in [1.165, 1.54) is 5.56 Å². The van der Waals surface area contributed by atoms with Gasteiger partial charge in [0.1, 0.15) is 0 Å². The first-order valence-electron chi connectivity index (χ1n) is 8.57. The molecular formula is C22H18N2O2. The number of nitrogen functional groups attached to an aromatic ring is 1. The molecular weight excluding hydrogens is 324 g/mol. The molecule has 0 radical (unpaired) electrons. The van der Waals surface area contributed by atoms with Crippen molar-refractivity contribution < 1.29 is 9.59 Å². The Hall–Kier alpha value is -3.40. The predicted molar refractivity (Wildman–Crippen MR) is 103 cm³/mol. The van der Waals surface area contributed by atoms with E-state index >= 15 is 0 Å². The first-order valence-corrected chi connectivity index (χ1v) is 8.57. The van der Waals surface area contributed by atoms with Crippen LogP contribution in [-0.4, -0.2) is 11.6 Å². The third-order valence-corrected chi connectivity index (χ3v) is 4.75. The minimum absolute atomic E-state index is 0.185. The molecule has 0 unspecified atom stereocenters. The Morgan fingerprint density at radius 3 is 2.12 bits per heavy atom. The third kappa shape index (κ3) is 2.47. The van der Waals surface area contributed by atoms with Crippen molar-refractivity contribution >= 4 is 28.6 Å². The fourth-order valence-corrected chi connectivity index (χ4v) is 3.35. The highest BCUT2D eigenvalue weighted by atomic mass is 16.1. The highest BCUT2D eigenvalue weighted by molar-refractivity contribution is 6.31. The number of benzene rings is 3. The number of anilines is 3. The summed E-state index contributed by atoms with van der Waals surface area (Å²) in [4.78, 5) is 26.0. The summed E-state index contributed by atoms with van der Waals surface area (Å²) >= 11 is 0. The van der Waals surface area contributed by atoms with E-state index in [1.807, 2.05) is 30.3 Å². The summed E-state index contributed by atoms with van der Waals surface area (Å²) in [6, 6.07) is 18.3. The summed E-state index contributed by atoms with van der Waals surface area (Å²) < 4.78 is 0. The van der Waals surface area contributed by atoms with E-state index in [0.717, 1.165) is 12.1 Å². The molecule has 3 aromatic rings. The van der Waals surface area contributed by atoms with Gasteiger partial charge < -0.3 is 11.1 Å². The van der Waals surface area contributed by atoms with Crippen LogP contribution in [0.25, 0.3) is 0 Å². The second-order valence-electron chi connectivity index (χ2n) is 6.33. The highest BCUT2D eigenvalue weighted by Crippen LogP contribution is 2.35. The summed E-state index contributed by atoms with van der Waals surface area (Å²) in [5, 5.41) is 3.28. The molecule has 1 aliphatic rings. The van der Waals surface area contributed by atoms with Crippen molar-refractivity contribution in [2.45, 2.75) is 13.3 Å². The van der Waals surface area contributed by atoms with Gasteiger partial charge in [-0.1, -0.05) is 43.3 Å². The van der Waals surface area contributed by atoms with Gasteiger partial charge in [-0.05, 0) is 36.2 Å². The predicted octanol–water partition coefficient (Wildman–Crippen LogP) is 4.35. The summed E-state index contributed by atoms with van der Waals surface area (Å²) in [5.41, 5.74) is 10.5. The number of carbonyl (C=O) groups is 2. The van der Waals surface area contributed by atoms with Crippen molar-refractivity contribution in [1.29, 1.82) is 0 Å². The van der Waals surface area contributed by atoms with Gasteiger partial charge in [0.25, 0.3) is 0 Å². The zero-order valence-electron chi connectivity index (χ0n) is 14.4. The largest absolute Gasteiger partial charge is 0.398 e. The van der Waals surface area contributed by atoms with Gasteiger partial charge in [-0.15, -0.1) is 0 Å². The van der Waals surface area contributed by atoms with Crippen LogP contribution >= 0.6 is 0 Å². The molecule has 26 heavy (non-hydrogen) atoms. The molecule has 0 fully saturated rings. The third-order valence-electron chi connectivity index (χ3n) is 4.75. The zero-order valence-corrected chi connectivity index (χ0v) is 14.4. The smallest absolute Gasteiger partial charge is 0.196 e. The topological polar surface area (TPSA) is 72.2 Å². The van der Waals surface area contributed by atoms with E-state index in [9.17, 15) is 9.59 Å². The molecule has 0 aliphatic heterocycles. The maximum absolute atomic E-state index is 13.1. The molecule has 0 heterocycles. The average Bonchev–Trinajstić information content (AvgIpc) is 2.66. The van der Waals surface area contributed by atoms with Crippen molar-refractivity contribution in [3.63, 3.8) is 0 Å². The van der Waals surface area contributed by atoms with E-state index < -0.39 is 0 Å². The van der Waals surface area contributed by atoms with Crippen LogP contribution in [0.5, 0.6) is 0 Å². The Labute approximate surface area is 151 Å². The van der Waals surface area contributed by atoms with Crippen molar-refractivity contribution in [3.8, 4) is 0 Å². The molecule has 0 atom stereocenters. The number of nitrogens with two attached hydrogens (primary N) is 1. The van der Waals surface area contributed by atoms with Crippen LogP contribution in [0, 0.1) is 0 Å². The van der Waals surface area contributed by atoms with Crippen molar-refractivity contribution in [2.75, 3.05) is 11.1 Å². The van der Waals surface area contributed by atoms with Crippen LogP contribution in [0.15, 0.2) is 60.7 Å². The molecule has 0 saturated heterocycles. The zero-order chi connectivity index (χ0) is 18.3. The SMILES string of the molecule is CCc1ccc(Nc2cccc3c2C(=O)c2cccc(N)c2C3=O)cc1. The lowest BCUT2D eigenvalue weighted by molar-refractivity contribution is 0.0980. The summed E-state index contributed by atoms with van der Waals surface area (Å²) in [5.74, 6) is -0.396. The standard InChI is InChI=1S/C22H18N2O2/c1-2-13-9-11-14(12-10-13)24-18-8-4-6-16-20(18)22(26)15-5-3-7-17(23)19(15)21(16)25/h3-12,24H,2,23H2,1H3. The molecule has 0 bridgehead atoms. The lowest BCUT2D eigenvalue weighted by atomic mass is 9.82. The molecule has 1 aliphatic carbocycles. The van der Waals surface area contributed by atoms with Crippen LogP contribution in [0.4, 0.5) is 17.1 Å². The van der Waals surface area contributed by atoms with Gasteiger partial charge in [-0.3, -0.25) is 9.59 Å². The molecule has 128 valence electrons. The van der Waals surface area contributed by atoms with Gasteiger partial charge in [0, 0.05) is 22.5 Å². The van der Waals surface area contributed by atoms with E-state index in [4.69, 9.17) is 5.73 Å². The number of rotatable bonds is 3. The molecule has 4 heteroatoms. The quantitative estimate of drug-likeness (QED) is 0.543. The Balaban J connectivity index is 1.81. The minimum Gasteiger partial charge on any atom is -0.398 e. The number of hydrogen-bond donors (Lipinski definition) is 2. The Morgan fingerprint density at radius 2 is 1.42 bits per heavy atom. The molecule has 0 aromatic heterocycles. The van der Waals surface area contributed by atoms with Gasteiger partial charge in [0.2, 0.25) is 0 Å². The number of ketones is 2. The second-order valence-corrected chi connectivity index (χ2v) is 6.33. The molecule has 4 nitrogen and oxygen atoms in total. The van der Waals surface area contributed by atoms with Crippen molar-refractivity contribution in [1.82, 2.24) is 0 Å². The molecule has 4 rings (SSSR count). The Morgan fingerprint density at radius 1 is 0.808 bits per heavy atom. The second kappa shape index (κ2) is 6.15. The lowest BCUT2D eigenvalue weighted by Gasteiger charge is -2.21. The summed E-state index contributed by atoms with van der Waals surface area (Å²) in [6.45, 7) is 2.10.